The molecule has 1 atom stereocenters. The predicted molar refractivity (Wildman–Crippen MR) is 330 cm³/mol. The van der Waals surface area contributed by atoms with Gasteiger partial charge in [0.1, 0.15) is 13.2 Å². The van der Waals surface area contributed by atoms with Gasteiger partial charge >= 0.3 is 17.9 Å². The number of carbonyl (C=O) groups excluding carboxylic acids is 3. The van der Waals surface area contributed by atoms with Crippen LogP contribution < -0.4 is 0 Å². The van der Waals surface area contributed by atoms with Crippen LogP contribution in [-0.4, -0.2) is 37.2 Å². The monoisotopic (exact) mass is 1060 g/mol. The molecule has 444 valence electrons. The summed E-state index contributed by atoms with van der Waals surface area (Å²) in [6.07, 6.45) is 81.4. The van der Waals surface area contributed by atoms with Crippen molar-refractivity contribution in [1.82, 2.24) is 0 Å². The summed E-state index contributed by atoms with van der Waals surface area (Å²) in [7, 11) is 0. The van der Waals surface area contributed by atoms with Gasteiger partial charge in [0, 0.05) is 19.3 Å². The molecule has 6 nitrogen and oxygen atoms in total. The third-order valence-corrected chi connectivity index (χ3v) is 15.1. The van der Waals surface area contributed by atoms with E-state index in [2.05, 4.69) is 69.4 Å². The van der Waals surface area contributed by atoms with Crippen molar-refractivity contribution in [3.8, 4) is 0 Å². The Morgan fingerprint density at radius 3 is 0.803 bits per heavy atom. The molecule has 76 heavy (non-hydrogen) atoms. The van der Waals surface area contributed by atoms with E-state index in [0.29, 0.717) is 19.3 Å². The third-order valence-electron chi connectivity index (χ3n) is 15.1. The van der Waals surface area contributed by atoms with E-state index in [9.17, 15) is 14.4 Å². The molecule has 0 aliphatic rings. The largest absolute Gasteiger partial charge is 0.462 e. The Morgan fingerprint density at radius 1 is 0.276 bits per heavy atom. The zero-order valence-corrected chi connectivity index (χ0v) is 51.0. The molecule has 0 N–H and O–H groups in total. The van der Waals surface area contributed by atoms with Crippen LogP contribution in [0.4, 0.5) is 0 Å². The first-order valence-electron chi connectivity index (χ1n) is 33.6. The highest BCUT2D eigenvalue weighted by Gasteiger charge is 2.19. The zero-order valence-electron chi connectivity index (χ0n) is 51.0. The molecule has 0 saturated heterocycles. The molecular formula is C70H128O6. The highest BCUT2D eigenvalue weighted by Crippen LogP contribution is 2.18. The van der Waals surface area contributed by atoms with Gasteiger partial charge in [-0.25, -0.2) is 0 Å². The van der Waals surface area contributed by atoms with E-state index in [-0.39, 0.29) is 31.1 Å². The molecule has 0 heterocycles. The first kappa shape index (κ1) is 73.4. The van der Waals surface area contributed by atoms with Gasteiger partial charge in [0.2, 0.25) is 0 Å². The van der Waals surface area contributed by atoms with Crippen molar-refractivity contribution in [3.05, 3.63) is 48.6 Å². The van der Waals surface area contributed by atoms with Gasteiger partial charge in [0.25, 0.3) is 0 Å². The van der Waals surface area contributed by atoms with Gasteiger partial charge in [-0.3, -0.25) is 14.4 Å². The fourth-order valence-electron chi connectivity index (χ4n) is 10.1. The molecule has 0 bridgehead atoms. The number of rotatable bonds is 62. The van der Waals surface area contributed by atoms with E-state index in [0.717, 1.165) is 83.5 Å². The maximum Gasteiger partial charge on any atom is 0.306 e. The highest BCUT2D eigenvalue weighted by molar-refractivity contribution is 5.71. The number of ether oxygens (including phenoxy) is 3. The smallest absolute Gasteiger partial charge is 0.306 e. The quantitative estimate of drug-likeness (QED) is 0.0261. The fourth-order valence-corrected chi connectivity index (χ4v) is 10.1. The predicted octanol–water partition coefficient (Wildman–Crippen LogP) is 22.9. The molecule has 0 aliphatic carbocycles. The fraction of sp³-hybridized carbons (Fsp3) is 0.843. The maximum absolute atomic E-state index is 12.9. The van der Waals surface area contributed by atoms with Crippen molar-refractivity contribution in [2.75, 3.05) is 13.2 Å². The van der Waals surface area contributed by atoms with Crippen LogP contribution >= 0.6 is 0 Å². The number of unbranched alkanes of at least 4 members (excludes halogenated alkanes) is 43. The number of hydrogen-bond donors (Lipinski definition) is 0. The van der Waals surface area contributed by atoms with E-state index in [1.54, 1.807) is 0 Å². The first-order chi connectivity index (χ1) is 37.5. The van der Waals surface area contributed by atoms with E-state index < -0.39 is 6.10 Å². The molecule has 0 aliphatic heterocycles. The molecule has 0 spiro atoms. The Hall–Kier alpha value is -2.63. The van der Waals surface area contributed by atoms with Crippen LogP contribution in [-0.2, 0) is 28.6 Å². The summed E-state index contributed by atoms with van der Waals surface area (Å²) >= 11 is 0. The van der Waals surface area contributed by atoms with Crippen molar-refractivity contribution in [1.29, 1.82) is 0 Å². The Balaban J connectivity index is 4.10. The van der Waals surface area contributed by atoms with Gasteiger partial charge in [0.15, 0.2) is 6.10 Å². The third kappa shape index (κ3) is 62.2. The van der Waals surface area contributed by atoms with Gasteiger partial charge in [-0.2, -0.15) is 0 Å². The minimum Gasteiger partial charge on any atom is -0.462 e. The van der Waals surface area contributed by atoms with E-state index in [4.69, 9.17) is 14.2 Å². The molecular weight excluding hydrogens is 937 g/mol. The highest BCUT2D eigenvalue weighted by atomic mass is 16.6. The second-order valence-electron chi connectivity index (χ2n) is 22.7. The lowest BCUT2D eigenvalue weighted by Crippen LogP contribution is -2.30. The van der Waals surface area contributed by atoms with Crippen molar-refractivity contribution >= 4 is 17.9 Å². The van der Waals surface area contributed by atoms with Crippen LogP contribution in [0.2, 0.25) is 0 Å². The van der Waals surface area contributed by atoms with Crippen molar-refractivity contribution in [2.45, 2.75) is 367 Å². The molecule has 0 aromatic heterocycles. The lowest BCUT2D eigenvalue weighted by Gasteiger charge is -2.18. The van der Waals surface area contributed by atoms with E-state index in [1.165, 1.54) is 238 Å². The molecule has 0 fully saturated rings. The van der Waals surface area contributed by atoms with Crippen LogP contribution in [0.5, 0.6) is 0 Å². The molecule has 0 aromatic rings. The van der Waals surface area contributed by atoms with Gasteiger partial charge in [-0.15, -0.1) is 0 Å². The normalized spacial score (nSPS) is 12.3. The maximum atomic E-state index is 12.9. The number of carbonyl (C=O) groups is 3. The van der Waals surface area contributed by atoms with Crippen molar-refractivity contribution in [3.63, 3.8) is 0 Å². The lowest BCUT2D eigenvalue weighted by atomic mass is 10.0. The van der Waals surface area contributed by atoms with Crippen LogP contribution in [0.3, 0.4) is 0 Å². The van der Waals surface area contributed by atoms with Crippen LogP contribution in [0.15, 0.2) is 48.6 Å². The average molecular weight is 1070 g/mol. The Labute approximate surface area is 473 Å². The van der Waals surface area contributed by atoms with Crippen molar-refractivity contribution in [2.24, 2.45) is 0 Å². The standard InChI is InChI=1S/C70H128O6/c1-4-7-10-13-16-19-22-24-26-28-29-30-31-32-33-34-35-36-37-38-39-40-41-42-44-45-48-51-54-57-60-63-69(72)75-66-67(65-74-68(71)62-59-56-53-50-47-21-18-15-12-9-6-3)76-70(73)64-61-58-55-52-49-46-43-27-25-23-20-17-14-11-8-5-2/h7,10,16,19,24,26,29-30,67H,4-6,8-9,11-15,17-18,20-23,25,27-28,31-66H2,1-3H3/b10-7-,19-16-,26-24-,30-29-. The minimum absolute atomic E-state index is 0.0653. The SMILES string of the molecule is CC/C=C\C/C=C\C/C=C\C/C=C\CCCCCCCCCCCCCCCCCCCCC(=O)OCC(COC(=O)CCCCCCCCCCCCC)OC(=O)CCCCCCCCCCCCCCCCCC. The summed E-state index contributed by atoms with van der Waals surface area (Å²) in [5.74, 6) is -0.840. The molecule has 0 saturated carbocycles. The Bertz CT molecular complexity index is 1310. The number of esters is 3. The van der Waals surface area contributed by atoms with E-state index in [1.807, 2.05) is 0 Å². The van der Waals surface area contributed by atoms with Gasteiger partial charge in [-0.1, -0.05) is 333 Å². The summed E-state index contributed by atoms with van der Waals surface area (Å²) in [5.41, 5.74) is 0. The lowest BCUT2D eigenvalue weighted by molar-refractivity contribution is -0.167. The Kier molecular flexibility index (Phi) is 62.6. The van der Waals surface area contributed by atoms with Crippen LogP contribution in [0.25, 0.3) is 0 Å². The van der Waals surface area contributed by atoms with Gasteiger partial charge in [0.05, 0.1) is 0 Å². The molecule has 6 heteroatoms. The van der Waals surface area contributed by atoms with Crippen molar-refractivity contribution < 1.29 is 28.6 Å². The summed E-state index contributed by atoms with van der Waals surface area (Å²) in [6.45, 7) is 6.58. The topological polar surface area (TPSA) is 78.9 Å². The number of allylic oxidation sites excluding steroid dienone is 8. The first-order valence-corrected chi connectivity index (χ1v) is 33.6. The minimum atomic E-state index is -0.767. The van der Waals surface area contributed by atoms with Crippen LogP contribution in [0.1, 0.15) is 361 Å². The second kappa shape index (κ2) is 64.9. The molecule has 0 aromatic carbocycles. The van der Waals surface area contributed by atoms with Gasteiger partial charge < -0.3 is 14.2 Å². The molecule has 1 unspecified atom stereocenters. The molecule has 0 radical (unpaired) electrons. The average Bonchev–Trinajstić information content (AvgIpc) is 3.42. The summed E-state index contributed by atoms with van der Waals surface area (Å²) in [5, 5.41) is 0. The number of hydrogen-bond acceptors (Lipinski definition) is 6. The molecule has 0 rings (SSSR count). The zero-order chi connectivity index (χ0) is 55.0. The van der Waals surface area contributed by atoms with E-state index >= 15 is 0 Å². The second-order valence-corrected chi connectivity index (χ2v) is 22.7. The summed E-state index contributed by atoms with van der Waals surface area (Å²) in [4.78, 5) is 38.3. The summed E-state index contributed by atoms with van der Waals surface area (Å²) < 4.78 is 16.9. The summed E-state index contributed by atoms with van der Waals surface area (Å²) in [6, 6.07) is 0. The molecule has 0 amide bonds. The van der Waals surface area contributed by atoms with Crippen LogP contribution in [0, 0.1) is 0 Å². The van der Waals surface area contributed by atoms with Gasteiger partial charge in [-0.05, 0) is 57.8 Å². The Morgan fingerprint density at radius 2 is 0.513 bits per heavy atom.